The third-order valence-corrected chi connectivity index (χ3v) is 4.03. The maximum atomic E-state index is 11.1. The zero-order valence-corrected chi connectivity index (χ0v) is 9.38. The molecule has 1 aliphatic rings. The molecular weight excluding hydrogens is 220 g/mol. The minimum atomic E-state index is -0.822. The minimum Gasteiger partial charge on any atom is -0.478 e. The molecule has 0 fully saturated rings. The molecule has 80 valence electrons. The number of aromatic carboxylic acids is 1. The van der Waals surface area contributed by atoms with Crippen LogP contribution < -0.4 is 0 Å². The largest absolute Gasteiger partial charge is 0.478 e. The Kier molecular flexibility index (Phi) is 2.07. The molecule has 16 heavy (non-hydrogen) atoms. The molecule has 0 aliphatic heterocycles. The molecule has 0 spiro atoms. The van der Waals surface area contributed by atoms with Gasteiger partial charge in [-0.3, -0.25) is 0 Å². The fraction of sp³-hybridized carbons (Fsp3) is 0.154. The van der Waals surface area contributed by atoms with E-state index in [4.69, 9.17) is 5.11 Å². The number of hydrogen-bond donors (Lipinski definition) is 1. The van der Waals surface area contributed by atoms with E-state index in [1.165, 1.54) is 10.4 Å². The quantitative estimate of drug-likeness (QED) is 0.816. The molecule has 0 bridgehead atoms. The fourth-order valence-electron chi connectivity index (χ4n) is 2.30. The summed E-state index contributed by atoms with van der Waals surface area (Å²) in [6.07, 6.45) is 1.79. The number of hydrogen-bond acceptors (Lipinski definition) is 2. The summed E-state index contributed by atoms with van der Waals surface area (Å²) in [4.78, 5) is 12.4. The van der Waals surface area contributed by atoms with Gasteiger partial charge in [-0.25, -0.2) is 4.79 Å². The van der Waals surface area contributed by atoms with Crippen LogP contribution in [0.4, 0.5) is 0 Å². The molecule has 1 aromatic heterocycles. The summed E-state index contributed by atoms with van der Waals surface area (Å²) in [5.41, 5.74) is 3.90. The SMILES string of the molecule is O=C(O)c1cccc2c1CCc1ccsc1-2. The summed E-state index contributed by atoms with van der Waals surface area (Å²) in [5, 5.41) is 11.2. The van der Waals surface area contributed by atoms with E-state index < -0.39 is 5.97 Å². The normalized spacial score (nSPS) is 13.0. The van der Waals surface area contributed by atoms with Crippen molar-refractivity contribution < 1.29 is 9.90 Å². The molecule has 1 aromatic carbocycles. The van der Waals surface area contributed by atoms with Gasteiger partial charge in [-0.1, -0.05) is 12.1 Å². The van der Waals surface area contributed by atoms with Crippen molar-refractivity contribution in [1.82, 2.24) is 0 Å². The lowest BCUT2D eigenvalue weighted by Gasteiger charge is -2.17. The van der Waals surface area contributed by atoms with Crippen molar-refractivity contribution >= 4 is 17.3 Å². The second-order valence-electron chi connectivity index (χ2n) is 3.91. The van der Waals surface area contributed by atoms with E-state index in [0.717, 1.165) is 24.0 Å². The highest BCUT2D eigenvalue weighted by atomic mass is 32.1. The third kappa shape index (κ3) is 1.28. The first kappa shape index (κ1) is 9.60. The highest BCUT2D eigenvalue weighted by molar-refractivity contribution is 7.13. The van der Waals surface area contributed by atoms with Crippen LogP contribution >= 0.6 is 11.3 Å². The standard InChI is InChI=1S/C13H10O2S/c14-13(15)11-3-1-2-10-9(11)5-4-8-6-7-16-12(8)10/h1-3,6-7H,4-5H2,(H,14,15). The summed E-state index contributed by atoms with van der Waals surface area (Å²) in [7, 11) is 0. The second-order valence-corrected chi connectivity index (χ2v) is 4.83. The van der Waals surface area contributed by atoms with Gasteiger partial charge in [0.05, 0.1) is 5.56 Å². The summed E-state index contributed by atoms with van der Waals surface area (Å²) in [5.74, 6) is -0.822. The lowest BCUT2D eigenvalue weighted by Crippen LogP contribution is -2.08. The van der Waals surface area contributed by atoms with Crippen LogP contribution in [0.2, 0.25) is 0 Å². The molecule has 0 amide bonds. The van der Waals surface area contributed by atoms with E-state index in [0.29, 0.717) is 5.56 Å². The van der Waals surface area contributed by atoms with E-state index in [1.54, 1.807) is 17.4 Å². The van der Waals surface area contributed by atoms with Crippen LogP contribution in [0.15, 0.2) is 29.6 Å². The van der Waals surface area contributed by atoms with E-state index in [1.807, 2.05) is 12.1 Å². The monoisotopic (exact) mass is 230 g/mol. The molecule has 0 saturated heterocycles. The van der Waals surface area contributed by atoms with Gasteiger partial charge < -0.3 is 5.11 Å². The van der Waals surface area contributed by atoms with Gasteiger partial charge in [0.2, 0.25) is 0 Å². The highest BCUT2D eigenvalue weighted by Gasteiger charge is 2.21. The van der Waals surface area contributed by atoms with Crippen LogP contribution in [0.5, 0.6) is 0 Å². The molecule has 0 radical (unpaired) electrons. The molecule has 0 saturated carbocycles. The van der Waals surface area contributed by atoms with Gasteiger partial charge in [-0.05, 0) is 47.0 Å². The number of thiophene rings is 1. The van der Waals surface area contributed by atoms with Crippen molar-refractivity contribution in [2.45, 2.75) is 12.8 Å². The summed E-state index contributed by atoms with van der Waals surface area (Å²) >= 11 is 1.70. The molecule has 0 atom stereocenters. The number of carboxylic acid groups (broad SMARTS) is 1. The Morgan fingerprint density at radius 3 is 2.94 bits per heavy atom. The molecule has 2 nitrogen and oxygen atoms in total. The Balaban J connectivity index is 2.27. The van der Waals surface area contributed by atoms with Gasteiger partial charge in [0.1, 0.15) is 0 Å². The minimum absolute atomic E-state index is 0.455. The predicted octanol–water partition coefficient (Wildman–Crippen LogP) is 3.21. The molecule has 1 heterocycles. The maximum Gasteiger partial charge on any atom is 0.335 e. The van der Waals surface area contributed by atoms with Gasteiger partial charge in [0.25, 0.3) is 0 Å². The Hall–Kier alpha value is -1.61. The van der Waals surface area contributed by atoms with E-state index in [2.05, 4.69) is 11.4 Å². The Morgan fingerprint density at radius 1 is 1.25 bits per heavy atom. The lowest BCUT2D eigenvalue weighted by molar-refractivity contribution is 0.0695. The summed E-state index contributed by atoms with van der Waals surface area (Å²) < 4.78 is 0. The molecule has 3 heteroatoms. The van der Waals surface area contributed by atoms with Crippen LogP contribution in [-0.2, 0) is 12.8 Å². The Bertz CT molecular complexity index is 569. The van der Waals surface area contributed by atoms with Crippen molar-refractivity contribution in [1.29, 1.82) is 0 Å². The predicted molar refractivity (Wildman–Crippen MR) is 64.1 cm³/mol. The second kappa shape index (κ2) is 3.46. The summed E-state index contributed by atoms with van der Waals surface area (Å²) in [6.45, 7) is 0. The van der Waals surface area contributed by atoms with Crippen molar-refractivity contribution in [2.75, 3.05) is 0 Å². The maximum absolute atomic E-state index is 11.1. The van der Waals surface area contributed by atoms with Gasteiger partial charge >= 0.3 is 5.97 Å². The molecular formula is C13H10O2S. The van der Waals surface area contributed by atoms with Crippen LogP contribution in [0.1, 0.15) is 21.5 Å². The van der Waals surface area contributed by atoms with Crippen LogP contribution in [0.25, 0.3) is 10.4 Å². The van der Waals surface area contributed by atoms with Crippen LogP contribution in [0.3, 0.4) is 0 Å². The smallest absolute Gasteiger partial charge is 0.335 e. The Labute approximate surface area is 97.2 Å². The number of aryl methyl sites for hydroxylation is 1. The van der Waals surface area contributed by atoms with Gasteiger partial charge in [-0.15, -0.1) is 11.3 Å². The molecule has 1 N–H and O–H groups in total. The van der Waals surface area contributed by atoms with Crippen molar-refractivity contribution in [3.05, 3.63) is 46.3 Å². The average Bonchev–Trinajstić information content (AvgIpc) is 2.76. The van der Waals surface area contributed by atoms with E-state index in [9.17, 15) is 4.79 Å². The zero-order chi connectivity index (χ0) is 11.1. The van der Waals surface area contributed by atoms with Crippen LogP contribution in [-0.4, -0.2) is 11.1 Å². The van der Waals surface area contributed by atoms with Crippen LogP contribution in [0, 0.1) is 0 Å². The van der Waals surface area contributed by atoms with E-state index >= 15 is 0 Å². The van der Waals surface area contributed by atoms with Crippen molar-refractivity contribution in [3.63, 3.8) is 0 Å². The average molecular weight is 230 g/mol. The Morgan fingerprint density at radius 2 is 2.12 bits per heavy atom. The number of rotatable bonds is 1. The van der Waals surface area contributed by atoms with Crippen molar-refractivity contribution in [2.24, 2.45) is 0 Å². The molecule has 1 aliphatic carbocycles. The number of fused-ring (bicyclic) bond motifs is 3. The van der Waals surface area contributed by atoms with Gasteiger partial charge in [0.15, 0.2) is 0 Å². The first-order chi connectivity index (χ1) is 7.77. The third-order valence-electron chi connectivity index (χ3n) is 3.04. The van der Waals surface area contributed by atoms with Crippen molar-refractivity contribution in [3.8, 4) is 10.4 Å². The molecule has 2 aromatic rings. The van der Waals surface area contributed by atoms with E-state index in [-0.39, 0.29) is 0 Å². The first-order valence-corrected chi connectivity index (χ1v) is 6.07. The zero-order valence-electron chi connectivity index (χ0n) is 8.56. The molecule has 0 unspecified atom stereocenters. The van der Waals surface area contributed by atoms with Gasteiger partial charge in [0, 0.05) is 4.88 Å². The lowest BCUT2D eigenvalue weighted by atomic mass is 9.88. The first-order valence-electron chi connectivity index (χ1n) is 5.19. The topological polar surface area (TPSA) is 37.3 Å². The number of carboxylic acids is 1. The highest BCUT2D eigenvalue weighted by Crippen LogP contribution is 2.38. The number of benzene rings is 1. The molecule has 3 rings (SSSR count). The summed E-state index contributed by atoms with van der Waals surface area (Å²) in [6, 6.07) is 7.68. The fourth-order valence-corrected chi connectivity index (χ4v) is 3.31. The van der Waals surface area contributed by atoms with Gasteiger partial charge in [-0.2, -0.15) is 0 Å². The number of carbonyl (C=O) groups is 1.